The van der Waals surface area contributed by atoms with E-state index in [1.165, 1.54) is 0 Å². The molecular formula is C13H25NO4. The van der Waals surface area contributed by atoms with Gasteiger partial charge in [0.05, 0.1) is 5.92 Å². The Morgan fingerprint density at radius 3 is 2.00 bits per heavy atom. The Labute approximate surface area is 109 Å². The van der Waals surface area contributed by atoms with Gasteiger partial charge in [0, 0.05) is 6.54 Å². The smallest absolute Gasteiger partial charge is 0.320 e. The number of nitrogens with zero attached hydrogens (tertiary/aromatic N) is 1. The van der Waals surface area contributed by atoms with Gasteiger partial charge in [-0.3, -0.25) is 14.5 Å². The minimum absolute atomic E-state index is 0.285. The van der Waals surface area contributed by atoms with Gasteiger partial charge < -0.3 is 10.2 Å². The fourth-order valence-electron chi connectivity index (χ4n) is 1.82. The highest BCUT2D eigenvalue weighted by molar-refractivity contribution is 5.74. The van der Waals surface area contributed by atoms with Gasteiger partial charge >= 0.3 is 11.9 Å². The lowest BCUT2D eigenvalue weighted by Gasteiger charge is -2.30. The van der Waals surface area contributed by atoms with Crippen LogP contribution in [-0.2, 0) is 9.59 Å². The molecule has 0 aromatic carbocycles. The summed E-state index contributed by atoms with van der Waals surface area (Å²) in [6, 6.07) is -0.592. The molecule has 2 atom stereocenters. The second-order valence-electron chi connectivity index (χ2n) is 5.18. The van der Waals surface area contributed by atoms with Gasteiger partial charge in [-0.1, -0.05) is 27.7 Å². The van der Waals surface area contributed by atoms with E-state index < -0.39 is 23.9 Å². The van der Waals surface area contributed by atoms with Crippen LogP contribution >= 0.6 is 0 Å². The maximum Gasteiger partial charge on any atom is 0.320 e. The first-order valence-electron chi connectivity index (χ1n) is 6.49. The maximum absolute atomic E-state index is 11.2. The van der Waals surface area contributed by atoms with Crippen molar-refractivity contribution in [2.24, 2.45) is 11.8 Å². The standard InChI is InChI=1S/C13H25NO4/c1-5-11(13(17)18)14(7-6-9(2)3)8-10(4)12(15)16/h9-11H,5-8H2,1-4H3,(H,15,16)(H,17,18). The molecule has 5 heteroatoms. The number of carbonyl (C=O) groups is 2. The van der Waals surface area contributed by atoms with E-state index in [2.05, 4.69) is 13.8 Å². The van der Waals surface area contributed by atoms with Crippen LogP contribution in [0.5, 0.6) is 0 Å². The highest BCUT2D eigenvalue weighted by Crippen LogP contribution is 2.12. The maximum atomic E-state index is 11.2. The van der Waals surface area contributed by atoms with E-state index >= 15 is 0 Å². The van der Waals surface area contributed by atoms with Gasteiger partial charge in [-0.25, -0.2) is 0 Å². The van der Waals surface area contributed by atoms with Crippen molar-refractivity contribution in [1.82, 2.24) is 4.90 Å². The number of carboxylic acid groups (broad SMARTS) is 2. The quantitative estimate of drug-likeness (QED) is 0.661. The third-order valence-electron chi connectivity index (χ3n) is 3.04. The predicted octanol–water partition coefficient (Wildman–Crippen LogP) is 1.92. The molecule has 0 aliphatic carbocycles. The Balaban J connectivity index is 4.68. The van der Waals surface area contributed by atoms with Crippen LogP contribution in [0.3, 0.4) is 0 Å². The summed E-state index contributed by atoms with van der Waals surface area (Å²) in [7, 11) is 0. The topological polar surface area (TPSA) is 77.8 Å². The molecule has 0 saturated carbocycles. The fourth-order valence-corrected chi connectivity index (χ4v) is 1.82. The zero-order valence-corrected chi connectivity index (χ0v) is 11.7. The molecule has 0 fully saturated rings. The second kappa shape index (κ2) is 8.08. The zero-order valence-electron chi connectivity index (χ0n) is 11.7. The molecule has 0 radical (unpaired) electrons. The van der Waals surface area contributed by atoms with Crippen LogP contribution in [0.1, 0.15) is 40.5 Å². The molecule has 0 aromatic rings. The number of rotatable bonds is 9. The average Bonchev–Trinajstić information content (AvgIpc) is 2.25. The van der Waals surface area contributed by atoms with Crippen molar-refractivity contribution < 1.29 is 19.8 Å². The highest BCUT2D eigenvalue weighted by atomic mass is 16.4. The van der Waals surface area contributed by atoms with E-state index in [4.69, 9.17) is 5.11 Å². The first-order chi connectivity index (χ1) is 8.29. The number of aliphatic carboxylic acids is 2. The lowest BCUT2D eigenvalue weighted by atomic mass is 10.1. The van der Waals surface area contributed by atoms with Crippen molar-refractivity contribution in [3.63, 3.8) is 0 Å². The minimum Gasteiger partial charge on any atom is -0.481 e. The Bertz CT molecular complexity index is 278. The zero-order chi connectivity index (χ0) is 14.3. The first kappa shape index (κ1) is 16.9. The van der Waals surface area contributed by atoms with Crippen LogP contribution in [0.15, 0.2) is 0 Å². The van der Waals surface area contributed by atoms with Crippen molar-refractivity contribution in [2.45, 2.75) is 46.6 Å². The number of hydrogen-bond acceptors (Lipinski definition) is 3. The van der Waals surface area contributed by atoms with Crippen LogP contribution < -0.4 is 0 Å². The molecule has 5 nitrogen and oxygen atoms in total. The molecule has 0 spiro atoms. The normalized spacial score (nSPS) is 14.8. The molecule has 0 aliphatic heterocycles. The lowest BCUT2D eigenvalue weighted by molar-refractivity contribution is -0.147. The van der Waals surface area contributed by atoms with Crippen LogP contribution in [0.2, 0.25) is 0 Å². The van der Waals surface area contributed by atoms with Crippen molar-refractivity contribution >= 4 is 11.9 Å². The summed E-state index contributed by atoms with van der Waals surface area (Å²) in [5.41, 5.74) is 0. The molecule has 0 rings (SSSR count). The van der Waals surface area contributed by atoms with Gasteiger partial charge in [0.15, 0.2) is 0 Å². The summed E-state index contributed by atoms with van der Waals surface area (Å²) in [6.07, 6.45) is 1.36. The molecule has 0 aliphatic rings. The van der Waals surface area contributed by atoms with E-state index in [0.717, 1.165) is 6.42 Å². The molecule has 0 aromatic heterocycles. The average molecular weight is 259 g/mol. The third-order valence-corrected chi connectivity index (χ3v) is 3.04. The summed E-state index contributed by atoms with van der Waals surface area (Å²) >= 11 is 0. The Morgan fingerprint density at radius 2 is 1.67 bits per heavy atom. The molecule has 0 amide bonds. The number of hydrogen-bond donors (Lipinski definition) is 2. The molecule has 2 N–H and O–H groups in total. The Morgan fingerprint density at radius 1 is 1.11 bits per heavy atom. The van der Waals surface area contributed by atoms with Crippen molar-refractivity contribution in [3.8, 4) is 0 Å². The molecule has 0 saturated heterocycles. The largest absolute Gasteiger partial charge is 0.481 e. The van der Waals surface area contributed by atoms with Crippen LogP contribution in [0.4, 0.5) is 0 Å². The first-order valence-corrected chi connectivity index (χ1v) is 6.49. The van der Waals surface area contributed by atoms with E-state index in [9.17, 15) is 14.7 Å². The molecule has 0 bridgehead atoms. The van der Waals surface area contributed by atoms with Gasteiger partial charge in [-0.15, -0.1) is 0 Å². The second-order valence-corrected chi connectivity index (χ2v) is 5.18. The van der Waals surface area contributed by atoms with Gasteiger partial charge in [-0.05, 0) is 25.3 Å². The molecule has 106 valence electrons. The van der Waals surface area contributed by atoms with Crippen LogP contribution in [0.25, 0.3) is 0 Å². The van der Waals surface area contributed by atoms with Gasteiger partial charge in [0.1, 0.15) is 6.04 Å². The van der Waals surface area contributed by atoms with Gasteiger partial charge in [0.2, 0.25) is 0 Å². The van der Waals surface area contributed by atoms with E-state index in [0.29, 0.717) is 18.9 Å². The van der Waals surface area contributed by atoms with Crippen LogP contribution in [0, 0.1) is 11.8 Å². The van der Waals surface area contributed by atoms with Crippen molar-refractivity contribution in [1.29, 1.82) is 0 Å². The summed E-state index contributed by atoms with van der Waals surface area (Å²) in [4.78, 5) is 23.8. The fraction of sp³-hybridized carbons (Fsp3) is 0.846. The molecule has 0 heterocycles. The van der Waals surface area contributed by atoms with Gasteiger partial charge in [-0.2, -0.15) is 0 Å². The third kappa shape index (κ3) is 6.00. The predicted molar refractivity (Wildman–Crippen MR) is 69.5 cm³/mol. The summed E-state index contributed by atoms with van der Waals surface area (Å²) in [5, 5.41) is 18.1. The Hall–Kier alpha value is -1.10. The van der Waals surface area contributed by atoms with E-state index in [1.54, 1.807) is 11.8 Å². The summed E-state index contributed by atoms with van der Waals surface area (Å²) < 4.78 is 0. The SMILES string of the molecule is CCC(C(=O)O)N(CCC(C)C)CC(C)C(=O)O. The van der Waals surface area contributed by atoms with Crippen molar-refractivity contribution in [2.75, 3.05) is 13.1 Å². The molecular weight excluding hydrogens is 234 g/mol. The van der Waals surface area contributed by atoms with E-state index in [-0.39, 0.29) is 6.54 Å². The molecule has 2 unspecified atom stereocenters. The van der Waals surface area contributed by atoms with Crippen LogP contribution in [-0.4, -0.2) is 46.2 Å². The van der Waals surface area contributed by atoms with Gasteiger partial charge in [0.25, 0.3) is 0 Å². The lowest BCUT2D eigenvalue weighted by Crippen LogP contribution is -2.45. The molecule has 18 heavy (non-hydrogen) atoms. The minimum atomic E-state index is -0.884. The van der Waals surface area contributed by atoms with Crippen molar-refractivity contribution in [3.05, 3.63) is 0 Å². The number of carboxylic acids is 2. The van der Waals surface area contributed by atoms with E-state index in [1.807, 2.05) is 6.92 Å². The Kier molecular flexibility index (Phi) is 7.59. The summed E-state index contributed by atoms with van der Waals surface area (Å²) in [5.74, 6) is -1.84. The highest BCUT2D eigenvalue weighted by Gasteiger charge is 2.26. The summed E-state index contributed by atoms with van der Waals surface area (Å²) in [6.45, 7) is 8.47. The monoisotopic (exact) mass is 259 g/mol.